The Morgan fingerprint density at radius 3 is 2.94 bits per heavy atom. The van der Waals surface area contributed by atoms with Gasteiger partial charge in [0.25, 0.3) is 5.91 Å². The summed E-state index contributed by atoms with van der Waals surface area (Å²) in [7, 11) is 0. The third-order valence-corrected chi connectivity index (χ3v) is 2.06. The van der Waals surface area contributed by atoms with Crippen molar-refractivity contribution in [3.63, 3.8) is 0 Å². The van der Waals surface area contributed by atoms with E-state index < -0.39 is 0 Å². The van der Waals surface area contributed by atoms with E-state index in [1.54, 1.807) is 12.3 Å². The van der Waals surface area contributed by atoms with Crippen molar-refractivity contribution in [3.05, 3.63) is 29.6 Å². The van der Waals surface area contributed by atoms with Crippen LogP contribution in [0.2, 0.25) is 0 Å². The highest BCUT2D eigenvalue weighted by Crippen LogP contribution is 1.98. The Kier molecular flexibility index (Phi) is 4.98. The quantitative estimate of drug-likeness (QED) is 0.375. The normalized spacial score (nSPS) is 9.56. The molecule has 0 aliphatic heterocycles. The van der Waals surface area contributed by atoms with Crippen LogP contribution in [0.15, 0.2) is 18.3 Å². The standard InChI is InChI=1S/C11H16N4O/c1-9-3-4-10(7-15-9)11(16)14-6-2-5-13-8-12/h3-4,7-8H,2,5-6H2,1H3,(H2,12,13)(H,14,16). The monoisotopic (exact) mass is 220 g/mol. The summed E-state index contributed by atoms with van der Waals surface area (Å²) in [6, 6.07) is 3.57. The molecule has 5 nitrogen and oxygen atoms in total. The number of nitrogens with zero attached hydrogens (tertiary/aromatic N) is 1. The lowest BCUT2D eigenvalue weighted by Crippen LogP contribution is -2.27. The second-order valence-corrected chi connectivity index (χ2v) is 3.40. The van der Waals surface area contributed by atoms with E-state index in [9.17, 15) is 4.79 Å². The van der Waals surface area contributed by atoms with Crippen LogP contribution in [-0.4, -0.2) is 30.3 Å². The molecule has 0 atom stereocenters. The molecule has 1 aromatic rings. The van der Waals surface area contributed by atoms with Crippen molar-refractivity contribution in [2.45, 2.75) is 13.3 Å². The molecule has 0 aliphatic rings. The number of amides is 1. The number of carbonyl (C=O) groups excluding carboxylic acids is 1. The largest absolute Gasteiger partial charge is 0.377 e. The molecular formula is C11H16N4O. The number of hydrogen-bond acceptors (Lipinski definition) is 3. The van der Waals surface area contributed by atoms with Gasteiger partial charge in [0, 0.05) is 25.0 Å². The van der Waals surface area contributed by atoms with Gasteiger partial charge in [0.2, 0.25) is 0 Å². The summed E-state index contributed by atoms with van der Waals surface area (Å²) < 4.78 is 0. The molecule has 5 heteroatoms. The highest BCUT2D eigenvalue weighted by molar-refractivity contribution is 5.93. The van der Waals surface area contributed by atoms with Crippen molar-refractivity contribution in [3.8, 4) is 0 Å². The first-order valence-corrected chi connectivity index (χ1v) is 5.17. The molecule has 0 saturated carbocycles. The Hall–Kier alpha value is -1.91. The maximum atomic E-state index is 11.6. The second-order valence-electron chi connectivity index (χ2n) is 3.40. The molecule has 0 fully saturated rings. The minimum absolute atomic E-state index is 0.109. The summed E-state index contributed by atoms with van der Waals surface area (Å²) in [5.41, 5.74) is 1.47. The first-order valence-electron chi connectivity index (χ1n) is 5.17. The number of hydrogen-bond donors (Lipinski definition) is 3. The van der Waals surface area contributed by atoms with Gasteiger partial charge in [0.1, 0.15) is 0 Å². The molecule has 1 heterocycles. The number of aryl methyl sites for hydroxylation is 1. The average Bonchev–Trinajstić information content (AvgIpc) is 2.29. The molecule has 0 aromatic carbocycles. The Balaban J connectivity index is 2.29. The van der Waals surface area contributed by atoms with Gasteiger partial charge in [-0.3, -0.25) is 15.2 Å². The zero-order valence-electron chi connectivity index (χ0n) is 9.29. The van der Waals surface area contributed by atoms with Gasteiger partial charge in [-0.15, -0.1) is 0 Å². The highest BCUT2D eigenvalue weighted by atomic mass is 16.1. The van der Waals surface area contributed by atoms with E-state index >= 15 is 0 Å². The fraction of sp³-hybridized carbons (Fsp3) is 0.364. The first kappa shape index (κ1) is 12.2. The summed E-state index contributed by atoms with van der Waals surface area (Å²) in [5.74, 6) is -0.109. The van der Waals surface area contributed by atoms with Crippen molar-refractivity contribution in [2.75, 3.05) is 13.1 Å². The van der Waals surface area contributed by atoms with E-state index in [1.165, 1.54) is 0 Å². The molecule has 0 bridgehead atoms. The van der Waals surface area contributed by atoms with Crippen LogP contribution < -0.4 is 10.6 Å². The third kappa shape index (κ3) is 4.08. The topological polar surface area (TPSA) is 77.9 Å². The van der Waals surface area contributed by atoms with Crippen LogP contribution in [-0.2, 0) is 0 Å². The number of carbonyl (C=O) groups is 1. The van der Waals surface area contributed by atoms with Crippen LogP contribution in [0, 0.1) is 12.3 Å². The smallest absolute Gasteiger partial charge is 0.252 e. The fourth-order valence-corrected chi connectivity index (χ4v) is 1.17. The SMILES string of the molecule is Cc1ccc(C(=O)NCCCNC=N)cn1. The van der Waals surface area contributed by atoms with E-state index in [0.717, 1.165) is 18.5 Å². The van der Waals surface area contributed by atoms with Crippen LogP contribution >= 0.6 is 0 Å². The molecule has 0 unspecified atom stereocenters. The minimum atomic E-state index is -0.109. The molecular weight excluding hydrogens is 204 g/mol. The van der Waals surface area contributed by atoms with Gasteiger partial charge >= 0.3 is 0 Å². The molecule has 16 heavy (non-hydrogen) atoms. The minimum Gasteiger partial charge on any atom is -0.377 e. The molecule has 0 spiro atoms. The highest BCUT2D eigenvalue weighted by Gasteiger charge is 2.03. The molecule has 0 radical (unpaired) electrons. The van der Waals surface area contributed by atoms with Gasteiger partial charge < -0.3 is 10.6 Å². The van der Waals surface area contributed by atoms with Crippen LogP contribution in [0.4, 0.5) is 0 Å². The Morgan fingerprint density at radius 2 is 2.31 bits per heavy atom. The van der Waals surface area contributed by atoms with E-state index in [2.05, 4.69) is 15.6 Å². The van der Waals surface area contributed by atoms with Crippen LogP contribution in [0.5, 0.6) is 0 Å². The predicted molar refractivity (Wildman–Crippen MR) is 62.7 cm³/mol. The van der Waals surface area contributed by atoms with Gasteiger partial charge in [-0.05, 0) is 25.5 Å². The lowest BCUT2D eigenvalue weighted by molar-refractivity contribution is 0.0953. The molecule has 0 aliphatic carbocycles. The summed E-state index contributed by atoms with van der Waals surface area (Å²) in [6.45, 7) is 3.16. The maximum absolute atomic E-state index is 11.6. The summed E-state index contributed by atoms with van der Waals surface area (Å²) in [5, 5.41) is 12.3. The second kappa shape index (κ2) is 6.55. The van der Waals surface area contributed by atoms with E-state index in [-0.39, 0.29) is 5.91 Å². The van der Waals surface area contributed by atoms with Crippen molar-refractivity contribution < 1.29 is 4.79 Å². The fourth-order valence-electron chi connectivity index (χ4n) is 1.17. The Morgan fingerprint density at radius 1 is 1.50 bits per heavy atom. The molecule has 3 N–H and O–H groups in total. The summed E-state index contributed by atoms with van der Waals surface area (Å²) in [6.07, 6.45) is 3.51. The molecule has 0 saturated heterocycles. The van der Waals surface area contributed by atoms with Gasteiger partial charge in [0.15, 0.2) is 0 Å². The zero-order valence-corrected chi connectivity index (χ0v) is 9.29. The van der Waals surface area contributed by atoms with E-state index in [1.807, 2.05) is 13.0 Å². The van der Waals surface area contributed by atoms with Crippen LogP contribution in [0.3, 0.4) is 0 Å². The van der Waals surface area contributed by atoms with Crippen molar-refractivity contribution >= 4 is 12.2 Å². The third-order valence-electron chi connectivity index (χ3n) is 2.06. The number of rotatable bonds is 6. The molecule has 1 aromatic heterocycles. The van der Waals surface area contributed by atoms with Crippen molar-refractivity contribution in [1.82, 2.24) is 15.6 Å². The number of pyridine rings is 1. The zero-order chi connectivity index (χ0) is 11.8. The Bertz CT molecular complexity index is 348. The van der Waals surface area contributed by atoms with Gasteiger partial charge in [-0.25, -0.2) is 0 Å². The maximum Gasteiger partial charge on any atom is 0.252 e. The van der Waals surface area contributed by atoms with Gasteiger partial charge in [-0.2, -0.15) is 0 Å². The summed E-state index contributed by atoms with van der Waals surface area (Å²) in [4.78, 5) is 15.6. The molecule has 1 amide bonds. The predicted octanol–water partition coefficient (Wildman–Crippen LogP) is 0.707. The average molecular weight is 220 g/mol. The molecule has 86 valence electrons. The van der Waals surface area contributed by atoms with Crippen LogP contribution in [0.1, 0.15) is 22.5 Å². The number of nitrogens with one attached hydrogen (secondary N) is 3. The molecule has 1 rings (SSSR count). The van der Waals surface area contributed by atoms with E-state index in [4.69, 9.17) is 5.41 Å². The van der Waals surface area contributed by atoms with Crippen LogP contribution in [0.25, 0.3) is 0 Å². The lowest BCUT2D eigenvalue weighted by Gasteiger charge is -2.04. The first-order chi connectivity index (χ1) is 7.74. The summed E-state index contributed by atoms with van der Waals surface area (Å²) >= 11 is 0. The van der Waals surface area contributed by atoms with Crippen molar-refractivity contribution in [2.24, 2.45) is 0 Å². The van der Waals surface area contributed by atoms with Crippen molar-refractivity contribution in [1.29, 1.82) is 5.41 Å². The van der Waals surface area contributed by atoms with Gasteiger partial charge in [0.05, 0.1) is 11.9 Å². The van der Waals surface area contributed by atoms with E-state index in [0.29, 0.717) is 18.7 Å². The lowest BCUT2D eigenvalue weighted by atomic mass is 10.2. The van der Waals surface area contributed by atoms with Gasteiger partial charge in [-0.1, -0.05) is 0 Å². The Labute approximate surface area is 94.8 Å². The number of aromatic nitrogens is 1.